The maximum Gasteiger partial charge on any atom is 0.337 e. The third kappa shape index (κ3) is 2.34. The Labute approximate surface area is 138 Å². The number of pyridine rings is 1. The normalized spacial score (nSPS) is 11.9. The van der Waals surface area contributed by atoms with E-state index in [1.54, 1.807) is 12.3 Å². The summed E-state index contributed by atoms with van der Waals surface area (Å²) in [6.45, 7) is 0. The Hall–Kier alpha value is -3.40. The van der Waals surface area contributed by atoms with Crippen molar-refractivity contribution >= 4 is 39.4 Å². The molecule has 4 heteroatoms. The Morgan fingerprint density at radius 1 is 0.958 bits per heavy atom. The lowest BCUT2D eigenvalue weighted by molar-refractivity contribution is -0.130. The van der Waals surface area contributed by atoms with Crippen LogP contribution in [0.5, 0.6) is 0 Å². The Bertz CT molecular complexity index is 1080. The maximum absolute atomic E-state index is 11.8. The Morgan fingerprint density at radius 2 is 1.71 bits per heavy atom. The molecule has 24 heavy (non-hydrogen) atoms. The minimum Gasteiger partial charge on any atom is -0.478 e. The van der Waals surface area contributed by atoms with Crippen molar-refractivity contribution in [2.24, 2.45) is 0 Å². The highest BCUT2D eigenvalue weighted by Crippen LogP contribution is 2.30. The molecule has 116 valence electrons. The first-order chi connectivity index (χ1) is 11.7. The van der Waals surface area contributed by atoms with Crippen LogP contribution < -0.4 is 0 Å². The zero-order valence-electron chi connectivity index (χ0n) is 12.7. The fourth-order valence-electron chi connectivity index (χ4n) is 2.93. The number of benzene rings is 2. The summed E-state index contributed by atoms with van der Waals surface area (Å²) in [4.78, 5) is 19.5. The van der Waals surface area contributed by atoms with Gasteiger partial charge in [0.2, 0.25) is 0 Å². The number of nitrogens with one attached hydrogen (secondary N) is 1. The van der Waals surface area contributed by atoms with Crippen molar-refractivity contribution in [1.29, 1.82) is 0 Å². The molecule has 4 nitrogen and oxygen atoms in total. The van der Waals surface area contributed by atoms with Crippen LogP contribution in [0.3, 0.4) is 0 Å². The van der Waals surface area contributed by atoms with Gasteiger partial charge in [0.05, 0.1) is 11.1 Å². The van der Waals surface area contributed by atoms with Crippen molar-refractivity contribution in [3.63, 3.8) is 0 Å². The van der Waals surface area contributed by atoms with E-state index in [4.69, 9.17) is 0 Å². The van der Waals surface area contributed by atoms with Gasteiger partial charge < -0.3 is 10.1 Å². The van der Waals surface area contributed by atoms with Crippen LogP contribution in [0.2, 0.25) is 0 Å². The summed E-state index contributed by atoms with van der Waals surface area (Å²) in [6, 6.07) is 19.2. The first kappa shape index (κ1) is 14.2. The predicted molar refractivity (Wildman–Crippen MR) is 95.5 cm³/mol. The molecule has 2 heterocycles. The molecule has 0 saturated carbocycles. The molecule has 4 rings (SSSR count). The Kier molecular flexibility index (Phi) is 3.35. The second-order valence-corrected chi connectivity index (χ2v) is 5.53. The third-order valence-electron chi connectivity index (χ3n) is 4.02. The van der Waals surface area contributed by atoms with Gasteiger partial charge >= 0.3 is 5.97 Å². The van der Waals surface area contributed by atoms with E-state index in [2.05, 4.69) is 9.97 Å². The van der Waals surface area contributed by atoms with Crippen molar-refractivity contribution in [3.8, 4) is 0 Å². The fourth-order valence-corrected chi connectivity index (χ4v) is 2.93. The molecule has 2 aromatic carbocycles. The number of carbonyl (C=O) groups is 1. The van der Waals surface area contributed by atoms with Crippen molar-refractivity contribution in [1.82, 2.24) is 9.97 Å². The van der Waals surface area contributed by atoms with Gasteiger partial charge in [-0.2, -0.15) is 0 Å². The minimum absolute atomic E-state index is 0.165. The molecule has 0 saturated heterocycles. The highest BCUT2D eigenvalue weighted by atomic mass is 16.4. The lowest BCUT2D eigenvalue weighted by Gasteiger charge is -2.04. The van der Waals surface area contributed by atoms with Crippen LogP contribution in [0, 0.1) is 0 Å². The smallest absolute Gasteiger partial charge is 0.337 e. The van der Waals surface area contributed by atoms with E-state index in [9.17, 15) is 9.90 Å². The molecule has 2 aromatic heterocycles. The number of hydrogen-bond acceptors (Lipinski definition) is 2. The molecule has 0 atom stereocenters. The molecular formula is C20H14N2O2. The van der Waals surface area contributed by atoms with Gasteiger partial charge in [-0.1, -0.05) is 48.5 Å². The summed E-state index contributed by atoms with van der Waals surface area (Å²) in [5.41, 5.74) is 3.14. The summed E-state index contributed by atoms with van der Waals surface area (Å²) < 4.78 is 0. The topological polar surface area (TPSA) is 66.0 Å². The second kappa shape index (κ2) is 5.66. The fraction of sp³-hybridized carbons (Fsp3) is 0. The van der Waals surface area contributed by atoms with E-state index in [0.29, 0.717) is 5.69 Å². The van der Waals surface area contributed by atoms with E-state index < -0.39 is 5.97 Å². The first-order valence-corrected chi connectivity index (χ1v) is 7.60. The molecule has 0 bridgehead atoms. The molecule has 0 aliphatic carbocycles. The Morgan fingerprint density at radius 3 is 2.50 bits per heavy atom. The Balaban J connectivity index is 2.00. The van der Waals surface area contributed by atoms with E-state index in [1.165, 1.54) is 0 Å². The van der Waals surface area contributed by atoms with Gasteiger partial charge in [-0.25, -0.2) is 4.79 Å². The SMILES string of the molecule is O=C(O)C(=Cc1ccccc1)c1nccc2c1[nH]c1ccccc12. The van der Waals surface area contributed by atoms with Crippen LogP contribution in [-0.2, 0) is 4.79 Å². The highest BCUT2D eigenvalue weighted by molar-refractivity contribution is 6.24. The number of carboxylic acids is 1. The number of H-pyrrole nitrogens is 1. The predicted octanol–water partition coefficient (Wildman–Crippen LogP) is 4.34. The van der Waals surface area contributed by atoms with Gasteiger partial charge in [-0.3, -0.25) is 4.98 Å². The summed E-state index contributed by atoms with van der Waals surface area (Å²) in [5, 5.41) is 11.7. The molecule has 0 fully saturated rings. The summed E-state index contributed by atoms with van der Waals surface area (Å²) in [5.74, 6) is -1.00. The van der Waals surface area contributed by atoms with Crippen LogP contribution in [0.15, 0.2) is 66.9 Å². The van der Waals surface area contributed by atoms with Crippen molar-refractivity contribution < 1.29 is 9.90 Å². The van der Waals surface area contributed by atoms with Gasteiger partial charge in [0.25, 0.3) is 0 Å². The lowest BCUT2D eigenvalue weighted by Crippen LogP contribution is -2.02. The van der Waals surface area contributed by atoms with Crippen LogP contribution in [0.4, 0.5) is 0 Å². The van der Waals surface area contributed by atoms with Gasteiger partial charge in [0.15, 0.2) is 0 Å². The van der Waals surface area contributed by atoms with Crippen LogP contribution in [0.25, 0.3) is 33.5 Å². The quantitative estimate of drug-likeness (QED) is 0.553. The number of hydrogen-bond donors (Lipinski definition) is 2. The molecule has 4 aromatic rings. The molecule has 0 unspecified atom stereocenters. The third-order valence-corrected chi connectivity index (χ3v) is 4.02. The van der Waals surface area contributed by atoms with Crippen LogP contribution in [0.1, 0.15) is 11.3 Å². The summed E-state index contributed by atoms with van der Waals surface area (Å²) in [7, 11) is 0. The molecular weight excluding hydrogens is 300 g/mol. The largest absolute Gasteiger partial charge is 0.478 e. The maximum atomic E-state index is 11.8. The number of aromatic amines is 1. The summed E-state index contributed by atoms with van der Waals surface area (Å²) >= 11 is 0. The highest BCUT2D eigenvalue weighted by Gasteiger charge is 2.17. The number of aromatic nitrogens is 2. The zero-order chi connectivity index (χ0) is 16.5. The standard InChI is InChI=1S/C20H14N2O2/c23-20(24)16(12-13-6-2-1-3-7-13)18-19-15(10-11-21-18)14-8-4-5-9-17(14)22-19/h1-12,22H,(H,23,24). The number of nitrogens with zero attached hydrogens (tertiary/aromatic N) is 1. The monoisotopic (exact) mass is 314 g/mol. The van der Waals surface area contributed by atoms with Crippen molar-refractivity contribution in [2.45, 2.75) is 0 Å². The second-order valence-electron chi connectivity index (χ2n) is 5.53. The average molecular weight is 314 g/mol. The van der Waals surface area contributed by atoms with Gasteiger partial charge in [0, 0.05) is 22.5 Å². The molecule has 0 aliphatic heterocycles. The zero-order valence-corrected chi connectivity index (χ0v) is 12.7. The summed E-state index contributed by atoms with van der Waals surface area (Å²) in [6.07, 6.45) is 3.30. The number of rotatable bonds is 3. The number of aliphatic carboxylic acids is 1. The number of fused-ring (bicyclic) bond motifs is 3. The van der Waals surface area contributed by atoms with E-state index in [-0.39, 0.29) is 5.57 Å². The lowest BCUT2D eigenvalue weighted by atomic mass is 10.1. The first-order valence-electron chi connectivity index (χ1n) is 7.60. The van der Waals surface area contributed by atoms with Crippen molar-refractivity contribution in [2.75, 3.05) is 0 Å². The van der Waals surface area contributed by atoms with Gasteiger partial charge in [-0.15, -0.1) is 0 Å². The average Bonchev–Trinajstić information content (AvgIpc) is 2.99. The molecule has 0 amide bonds. The molecule has 0 radical (unpaired) electrons. The minimum atomic E-state index is -1.00. The molecule has 0 spiro atoms. The number of carboxylic acid groups (broad SMARTS) is 1. The molecule has 2 N–H and O–H groups in total. The van der Waals surface area contributed by atoms with Crippen LogP contribution in [-0.4, -0.2) is 21.0 Å². The number of para-hydroxylation sites is 1. The van der Waals surface area contributed by atoms with E-state index in [0.717, 1.165) is 27.4 Å². The molecule has 0 aliphatic rings. The van der Waals surface area contributed by atoms with Gasteiger partial charge in [0.1, 0.15) is 5.69 Å². The van der Waals surface area contributed by atoms with Crippen LogP contribution >= 0.6 is 0 Å². The van der Waals surface area contributed by atoms with Crippen molar-refractivity contribution in [3.05, 3.63) is 78.1 Å². The van der Waals surface area contributed by atoms with E-state index >= 15 is 0 Å². The van der Waals surface area contributed by atoms with Gasteiger partial charge in [-0.05, 0) is 23.8 Å². The van der Waals surface area contributed by atoms with E-state index in [1.807, 2.05) is 60.7 Å².